The maximum Gasteiger partial charge on any atom is 0.256 e. The van der Waals surface area contributed by atoms with Gasteiger partial charge < -0.3 is 15.4 Å². The normalized spacial score (nSPS) is 10.4. The highest BCUT2D eigenvalue weighted by Crippen LogP contribution is 2.30. The van der Waals surface area contributed by atoms with Crippen LogP contribution in [0.5, 0.6) is 5.75 Å². The fourth-order valence-electron chi connectivity index (χ4n) is 2.68. The highest BCUT2D eigenvalue weighted by molar-refractivity contribution is 7.98. The van der Waals surface area contributed by atoms with Gasteiger partial charge in [0.25, 0.3) is 5.91 Å². The van der Waals surface area contributed by atoms with Crippen LogP contribution in [-0.2, 0) is 10.5 Å². The van der Waals surface area contributed by atoms with Crippen molar-refractivity contribution in [2.45, 2.75) is 24.5 Å². The van der Waals surface area contributed by atoms with Gasteiger partial charge in [-0.05, 0) is 37.3 Å². The van der Waals surface area contributed by atoms with Gasteiger partial charge in [-0.2, -0.15) is 0 Å². The average Bonchev–Trinajstić information content (AvgIpc) is 3.11. The molecule has 0 aliphatic heterocycles. The molecular weight excluding hydrogens is 406 g/mol. The number of nitrogens with zero attached hydrogens (tertiary/aromatic N) is 1. The van der Waals surface area contributed by atoms with E-state index in [2.05, 4.69) is 15.6 Å². The zero-order valence-electron chi connectivity index (χ0n) is 16.3. The van der Waals surface area contributed by atoms with E-state index < -0.39 is 0 Å². The molecule has 0 aliphatic carbocycles. The molecule has 1 aromatic heterocycles. The molecular formula is C21H21N3O3S2. The Hall–Kier alpha value is -2.84. The number of hydrogen-bond donors (Lipinski definition) is 2. The Morgan fingerprint density at radius 1 is 1.17 bits per heavy atom. The van der Waals surface area contributed by atoms with Gasteiger partial charge >= 0.3 is 0 Å². The molecule has 0 radical (unpaired) electrons. The molecule has 8 heteroatoms. The molecule has 6 nitrogen and oxygen atoms in total. The fraction of sp³-hybridized carbons (Fsp3) is 0.190. The number of rotatable bonds is 7. The number of nitrogens with one attached hydrogen (secondary N) is 2. The molecule has 1 heterocycles. The molecule has 150 valence electrons. The summed E-state index contributed by atoms with van der Waals surface area (Å²) in [5.41, 5.74) is 2.65. The predicted molar refractivity (Wildman–Crippen MR) is 118 cm³/mol. The van der Waals surface area contributed by atoms with E-state index in [0.717, 1.165) is 15.6 Å². The first-order chi connectivity index (χ1) is 14.0. The third kappa shape index (κ3) is 5.58. The van der Waals surface area contributed by atoms with Crippen molar-refractivity contribution < 1.29 is 14.3 Å². The number of amides is 2. The summed E-state index contributed by atoms with van der Waals surface area (Å²) in [6.45, 7) is 3.40. The van der Waals surface area contributed by atoms with Gasteiger partial charge in [-0.25, -0.2) is 4.98 Å². The Morgan fingerprint density at radius 2 is 1.97 bits per heavy atom. The lowest BCUT2D eigenvalue weighted by molar-refractivity contribution is -0.114. The molecule has 0 spiro atoms. The van der Waals surface area contributed by atoms with Crippen molar-refractivity contribution in [3.05, 3.63) is 64.1 Å². The quantitative estimate of drug-likeness (QED) is 0.521. The number of carbonyl (C=O) groups excluding carboxylic acids is 2. The molecule has 29 heavy (non-hydrogen) atoms. The van der Waals surface area contributed by atoms with Gasteiger partial charge in [0, 0.05) is 28.6 Å². The van der Waals surface area contributed by atoms with Gasteiger partial charge in [0.05, 0.1) is 29.1 Å². The van der Waals surface area contributed by atoms with Gasteiger partial charge in [-0.15, -0.1) is 23.1 Å². The molecule has 0 saturated heterocycles. The first kappa shape index (κ1) is 20.9. The molecule has 2 N–H and O–H groups in total. The zero-order valence-corrected chi connectivity index (χ0v) is 17.9. The predicted octanol–water partition coefficient (Wildman–Crippen LogP) is 4.96. The number of thioether (sulfide) groups is 1. The molecule has 0 atom stereocenters. The molecule has 0 fully saturated rings. The topological polar surface area (TPSA) is 80.3 Å². The van der Waals surface area contributed by atoms with Crippen molar-refractivity contribution >= 4 is 46.3 Å². The summed E-state index contributed by atoms with van der Waals surface area (Å²) in [4.78, 5) is 29.6. The second-order valence-corrected chi connectivity index (χ2v) is 8.27. The Morgan fingerprint density at radius 3 is 2.66 bits per heavy atom. The van der Waals surface area contributed by atoms with Crippen molar-refractivity contribution in [2.24, 2.45) is 0 Å². The second kappa shape index (κ2) is 9.58. The molecule has 2 amide bonds. The molecule has 0 saturated carbocycles. The smallest absolute Gasteiger partial charge is 0.256 e. The van der Waals surface area contributed by atoms with Gasteiger partial charge in [-0.3, -0.25) is 9.59 Å². The van der Waals surface area contributed by atoms with Crippen LogP contribution in [0.25, 0.3) is 0 Å². The fourth-order valence-corrected chi connectivity index (χ4v) is 4.34. The number of ether oxygens (including phenoxy) is 1. The van der Waals surface area contributed by atoms with Crippen LogP contribution in [-0.4, -0.2) is 23.9 Å². The van der Waals surface area contributed by atoms with Crippen LogP contribution in [0, 0.1) is 6.92 Å². The summed E-state index contributed by atoms with van der Waals surface area (Å²) < 4.78 is 5.25. The van der Waals surface area contributed by atoms with Gasteiger partial charge in [-0.1, -0.05) is 12.1 Å². The lowest BCUT2D eigenvalue weighted by Crippen LogP contribution is -2.14. The third-order valence-corrected chi connectivity index (χ3v) is 5.87. The molecule has 3 rings (SSSR count). The van der Waals surface area contributed by atoms with E-state index in [-0.39, 0.29) is 11.8 Å². The molecule has 3 aromatic rings. The van der Waals surface area contributed by atoms with Crippen molar-refractivity contribution in [1.29, 1.82) is 0 Å². The number of aromatic nitrogens is 1. The highest BCUT2D eigenvalue weighted by atomic mass is 32.2. The summed E-state index contributed by atoms with van der Waals surface area (Å²) >= 11 is 3.19. The van der Waals surface area contributed by atoms with E-state index in [1.807, 2.05) is 30.5 Å². The van der Waals surface area contributed by atoms with E-state index in [0.29, 0.717) is 28.4 Å². The van der Waals surface area contributed by atoms with Gasteiger partial charge in [0.1, 0.15) is 5.75 Å². The van der Waals surface area contributed by atoms with E-state index in [9.17, 15) is 9.59 Å². The summed E-state index contributed by atoms with van der Waals surface area (Å²) in [6.07, 6.45) is 0. The Balaban J connectivity index is 1.76. The number of methoxy groups -OCH3 is 1. The molecule has 0 aliphatic rings. The summed E-state index contributed by atoms with van der Waals surface area (Å²) in [5.74, 6) is 0.782. The van der Waals surface area contributed by atoms with E-state index in [1.54, 1.807) is 47.4 Å². The number of benzene rings is 2. The van der Waals surface area contributed by atoms with Crippen LogP contribution in [0.3, 0.4) is 0 Å². The largest absolute Gasteiger partial charge is 0.495 e. The SMILES string of the molecule is COc1ccc(NC(=O)c2ccccc2SCc2csc(C)n2)cc1NC(C)=O. The number of carbonyl (C=O) groups is 2. The monoisotopic (exact) mass is 427 g/mol. The highest BCUT2D eigenvalue weighted by Gasteiger charge is 2.14. The minimum atomic E-state index is -0.221. The van der Waals surface area contributed by atoms with E-state index >= 15 is 0 Å². The molecule has 0 unspecified atom stereocenters. The Kier molecular flexibility index (Phi) is 6.90. The number of thiazole rings is 1. The molecule has 2 aromatic carbocycles. The van der Waals surface area contributed by atoms with E-state index in [4.69, 9.17) is 4.74 Å². The standard InChI is InChI=1S/C21H21N3O3S2/c1-13(25)22-18-10-15(8-9-19(18)27-3)24-21(26)17-6-4-5-7-20(17)29-12-16-11-28-14(2)23-16/h4-11H,12H2,1-3H3,(H,22,25)(H,24,26). The summed E-state index contributed by atoms with van der Waals surface area (Å²) in [5, 5.41) is 8.66. The minimum absolute atomic E-state index is 0.217. The number of anilines is 2. The van der Waals surface area contributed by atoms with Crippen LogP contribution >= 0.6 is 23.1 Å². The van der Waals surface area contributed by atoms with Crippen molar-refractivity contribution in [2.75, 3.05) is 17.7 Å². The third-order valence-electron chi connectivity index (χ3n) is 3.94. The maximum atomic E-state index is 12.9. The zero-order chi connectivity index (χ0) is 20.8. The van der Waals surface area contributed by atoms with E-state index in [1.165, 1.54) is 14.0 Å². The lowest BCUT2D eigenvalue weighted by Gasteiger charge is -2.13. The lowest BCUT2D eigenvalue weighted by atomic mass is 10.2. The summed E-state index contributed by atoms with van der Waals surface area (Å²) in [7, 11) is 1.52. The van der Waals surface area contributed by atoms with Crippen LogP contribution < -0.4 is 15.4 Å². The Bertz CT molecular complexity index is 1030. The van der Waals surface area contributed by atoms with Crippen LogP contribution in [0.1, 0.15) is 28.0 Å². The van der Waals surface area contributed by atoms with Crippen molar-refractivity contribution in [1.82, 2.24) is 4.98 Å². The average molecular weight is 428 g/mol. The van der Waals surface area contributed by atoms with Crippen LogP contribution in [0.4, 0.5) is 11.4 Å². The van der Waals surface area contributed by atoms with Crippen LogP contribution in [0.15, 0.2) is 52.7 Å². The number of aryl methyl sites for hydroxylation is 1. The van der Waals surface area contributed by atoms with Crippen molar-refractivity contribution in [3.63, 3.8) is 0 Å². The molecule has 0 bridgehead atoms. The summed E-state index contributed by atoms with van der Waals surface area (Å²) in [6, 6.07) is 12.6. The van der Waals surface area contributed by atoms with Crippen LogP contribution in [0.2, 0.25) is 0 Å². The second-order valence-electron chi connectivity index (χ2n) is 6.19. The number of hydrogen-bond acceptors (Lipinski definition) is 6. The first-order valence-corrected chi connectivity index (χ1v) is 10.7. The Labute approximate surface area is 177 Å². The van der Waals surface area contributed by atoms with Gasteiger partial charge in [0.2, 0.25) is 5.91 Å². The van der Waals surface area contributed by atoms with Gasteiger partial charge in [0.15, 0.2) is 0 Å². The minimum Gasteiger partial charge on any atom is -0.495 e. The first-order valence-electron chi connectivity index (χ1n) is 8.86. The van der Waals surface area contributed by atoms with Crippen molar-refractivity contribution in [3.8, 4) is 5.75 Å². The maximum absolute atomic E-state index is 12.9.